The highest BCUT2D eigenvalue weighted by Gasteiger charge is 2.42. The number of aliphatic hydroxyl groups excluding tert-OH is 1. The number of hydrogen-bond acceptors (Lipinski definition) is 4. The summed E-state index contributed by atoms with van der Waals surface area (Å²) in [6.45, 7) is 0.0917. The highest BCUT2D eigenvalue weighted by atomic mass is 16.3. The molecule has 1 heterocycles. The number of hydrogen-bond donors (Lipinski definition) is 2. The molecule has 0 amide bonds. The van der Waals surface area contributed by atoms with E-state index in [0.29, 0.717) is 11.4 Å². The van der Waals surface area contributed by atoms with Crippen LogP contribution in [0.3, 0.4) is 0 Å². The summed E-state index contributed by atoms with van der Waals surface area (Å²) >= 11 is 0. The zero-order chi connectivity index (χ0) is 10.0. The third-order valence-corrected chi connectivity index (χ3v) is 2.47. The number of nitrogens with one attached hydrogen (secondary N) is 1. The molecule has 0 aliphatic heterocycles. The van der Waals surface area contributed by atoms with Crippen LogP contribution in [0.1, 0.15) is 18.4 Å². The second kappa shape index (κ2) is 3.28. The van der Waals surface area contributed by atoms with Crippen LogP contribution in [0, 0.1) is 11.3 Å². The first-order valence-electron chi connectivity index (χ1n) is 4.54. The van der Waals surface area contributed by atoms with Gasteiger partial charge in [-0.25, -0.2) is 4.98 Å². The SMILES string of the molecule is N#Cc1cccnc1NC1(CO)CC1. The molecule has 72 valence electrons. The van der Waals surface area contributed by atoms with Crippen molar-refractivity contribution in [1.29, 1.82) is 5.26 Å². The molecule has 2 rings (SSSR count). The lowest BCUT2D eigenvalue weighted by Crippen LogP contribution is -2.26. The van der Waals surface area contributed by atoms with Gasteiger partial charge in [-0.1, -0.05) is 0 Å². The van der Waals surface area contributed by atoms with E-state index in [2.05, 4.69) is 16.4 Å². The summed E-state index contributed by atoms with van der Waals surface area (Å²) in [7, 11) is 0. The van der Waals surface area contributed by atoms with Gasteiger partial charge in [0.2, 0.25) is 0 Å². The van der Waals surface area contributed by atoms with Gasteiger partial charge in [0.05, 0.1) is 17.7 Å². The van der Waals surface area contributed by atoms with Gasteiger partial charge in [-0.05, 0) is 25.0 Å². The Morgan fingerprint density at radius 3 is 3.00 bits per heavy atom. The van der Waals surface area contributed by atoms with Crippen LogP contribution in [0.5, 0.6) is 0 Å². The maximum absolute atomic E-state index is 9.11. The molecule has 14 heavy (non-hydrogen) atoms. The van der Waals surface area contributed by atoms with E-state index in [-0.39, 0.29) is 12.1 Å². The van der Waals surface area contributed by atoms with Crippen molar-refractivity contribution in [3.05, 3.63) is 23.9 Å². The Bertz CT molecular complexity index is 379. The average Bonchev–Trinajstić information content (AvgIpc) is 2.99. The van der Waals surface area contributed by atoms with Crippen molar-refractivity contribution in [3.8, 4) is 6.07 Å². The summed E-state index contributed by atoms with van der Waals surface area (Å²) in [6.07, 6.45) is 3.51. The van der Waals surface area contributed by atoms with E-state index in [0.717, 1.165) is 12.8 Å². The summed E-state index contributed by atoms with van der Waals surface area (Å²) in [6, 6.07) is 5.50. The third-order valence-electron chi connectivity index (χ3n) is 2.47. The van der Waals surface area contributed by atoms with Gasteiger partial charge in [0.1, 0.15) is 11.9 Å². The quantitative estimate of drug-likeness (QED) is 0.740. The highest BCUT2D eigenvalue weighted by molar-refractivity contribution is 5.53. The number of rotatable bonds is 3. The minimum absolute atomic E-state index is 0.0917. The fourth-order valence-electron chi connectivity index (χ4n) is 1.32. The minimum atomic E-state index is -0.222. The van der Waals surface area contributed by atoms with E-state index in [1.54, 1.807) is 18.3 Å². The maximum atomic E-state index is 9.11. The molecule has 4 heteroatoms. The number of aromatic nitrogens is 1. The predicted octanol–water partition coefficient (Wildman–Crippen LogP) is 0.890. The van der Waals surface area contributed by atoms with Crippen molar-refractivity contribution in [1.82, 2.24) is 4.98 Å². The number of aliphatic hydroxyl groups is 1. The number of nitrogens with zero attached hydrogens (tertiary/aromatic N) is 2. The molecule has 1 aromatic heterocycles. The summed E-state index contributed by atoms with van der Waals surface area (Å²) in [4.78, 5) is 4.08. The van der Waals surface area contributed by atoms with Gasteiger partial charge in [-0.15, -0.1) is 0 Å². The average molecular weight is 189 g/mol. The molecule has 0 saturated heterocycles. The Balaban J connectivity index is 2.21. The van der Waals surface area contributed by atoms with Crippen LogP contribution in [0.2, 0.25) is 0 Å². The molecule has 4 nitrogen and oxygen atoms in total. The van der Waals surface area contributed by atoms with Gasteiger partial charge in [0.15, 0.2) is 0 Å². The molecule has 1 aliphatic rings. The van der Waals surface area contributed by atoms with Crippen LogP contribution < -0.4 is 5.32 Å². The molecule has 0 bridgehead atoms. The van der Waals surface area contributed by atoms with E-state index >= 15 is 0 Å². The van der Waals surface area contributed by atoms with Crippen molar-refractivity contribution in [2.24, 2.45) is 0 Å². The Labute approximate surface area is 82.2 Å². The largest absolute Gasteiger partial charge is 0.394 e. The number of pyridine rings is 1. The molecule has 0 atom stereocenters. The van der Waals surface area contributed by atoms with E-state index in [4.69, 9.17) is 10.4 Å². The smallest absolute Gasteiger partial charge is 0.144 e. The Morgan fingerprint density at radius 2 is 2.43 bits per heavy atom. The van der Waals surface area contributed by atoms with Gasteiger partial charge in [0.25, 0.3) is 0 Å². The standard InChI is InChI=1S/C10H11N3O/c11-6-8-2-1-5-12-9(8)13-10(7-14)3-4-10/h1-2,5,14H,3-4,7H2,(H,12,13). The van der Waals surface area contributed by atoms with Gasteiger partial charge in [0, 0.05) is 6.20 Å². The summed E-state index contributed by atoms with van der Waals surface area (Å²) < 4.78 is 0. The minimum Gasteiger partial charge on any atom is -0.394 e. The topological polar surface area (TPSA) is 68.9 Å². The molecule has 1 aliphatic carbocycles. The lowest BCUT2D eigenvalue weighted by molar-refractivity contribution is 0.266. The summed E-state index contributed by atoms with van der Waals surface area (Å²) in [5, 5.41) is 21.0. The van der Waals surface area contributed by atoms with Crippen LogP contribution in [0.25, 0.3) is 0 Å². The van der Waals surface area contributed by atoms with E-state index in [1.807, 2.05) is 0 Å². The lowest BCUT2D eigenvalue weighted by Gasteiger charge is -2.15. The number of nitriles is 1. The molecule has 0 aromatic carbocycles. The van der Waals surface area contributed by atoms with E-state index < -0.39 is 0 Å². The predicted molar refractivity (Wildman–Crippen MR) is 51.6 cm³/mol. The Kier molecular flexibility index (Phi) is 2.10. The lowest BCUT2D eigenvalue weighted by atomic mass is 10.2. The van der Waals surface area contributed by atoms with Crippen molar-refractivity contribution in [2.75, 3.05) is 11.9 Å². The second-order valence-corrected chi connectivity index (χ2v) is 3.57. The zero-order valence-corrected chi connectivity index (χ0v) is 7.70. The van der Waals surface area contributed by atoms with Crippen LogP contribution in [-0.4, -0.2) is 22.2 Å². The molecule has 1 saturated carbocycles. The molecule has 2 N–H and O–H groups in total. The maximum Gasteiger partial charge on any atom is 0.144 e. The first-order valence-corrected chi connectivity index (χ1v) is 4.54. The first kappa shape index (κ1) is 8.97. The second-order valence-electron chi connectivity index (χ2n) is 3.57. The van der Waals surface area contributed by atoms with Crippen LogP contribution >= 0.6 is 0 Å². The fraction of sp³-hybridized carbons (Fsp3) is 0.400. The van der Waals surface area contributed by atoms with Crippen molar-refractivity contribution in [3.63, 3.8) is 0 Å². The zero-order valence-electron chi connectivity index (χ0n) is 7.70. The monoisotopic (exact) mass is 189 g/mol. The number of anilines is 1. The van der Waals surface area contributed by atoms with E-state index in [9.17, 15) is 0 Å². The highest BCUT2D eigenvalue weighted by Crippen LogP contribution is 2.38. The van der Waals surface area contributed by atoms with Gasteiger partial charge < -0.3 is 10.4 Å². The Hall–Kier alpha value is -1.60. The van der Waals surface area contributed by atoms with Gasteiger partial charge in [-0.2, -0.15) is 5.26 Å². The van der Waals surface area contributed by atoms with Gasteiger partial charge in [-0.3, -0.25) is 0 Å². The van der Waals surface area contributed by atoms with Crippen LogP contribution in [0.15, 0.2) is 18.3 Å². The Morgan fingerprint density at radius 1 is 1.64 bits per heavy atom. The van der Waals surface area contributed by atoms with Crippen molar-refractivity contribution in [2.45, 2.75) is 18.4 Å². The molecule has 1 fully saturated rings. The molecule has 1 aromatic rings. The molecule has 0 spiro atoms. The first-order chi connectivity index (χ1) is 6.79. The van der Waals surface area contributed by atoms with Crippen molar-refractivity contribution >= 4 is 5.82 Å². The third kappa shape index (κ3) is 1.54. The molecule has 0 unspecified atom stereocenters. The van der Waals surface area contributed by atoms with Crippen molar-refractivity contribution < 1.29 is 5.11 Å². The van der Waals surface area contributed by atoms with E-state index in [1.165, 1.54) is 0 Å². The summed E-state index contributed by atoms with van der Waals surface area (Å²) in [5.41, 5.74) is 0.298. The van der Waals surface area contributed by atoms with Gasteiger partial charge >= 0.3 is 0 Å². The normalized spacial score (nSPS) is 17.1. The van der Waals surface area contributed by atoms with Crippen LogP contribution in [0.4, 0.5) is 5.82 Å². The fourth-order valence-corrected chi connectivity index (χ4v) is 1.32. The molecule has 0 radical (unpaired) electrons. The summed E-state index contributed by atoms with van der Waals surface area (Å²) in [5.74, 6) is 0.571. The molecular weight excluding hydrogens is 178 g/mol. The molecular formula is C10H11N3O. The van der Waals surface area contributed by atoms with Crippen LogP contribution in [-0.2, 0) is 0 Å².